The van der Waals surface area contributed by atoms with E-state index >= 15 is 0 Å². The molecule has 5 heteroatoms. The maximum absolute atomic E-state index is 5.85. The van der Waals surface area contributed by atoms with Crippen LogP contribution in [0.2, 0.25) is 0 Å². The first-order valence-corrected chi connectivity index (χ1v) is 6.43. The Balaban J connectivity index is 2.31. The average Bonchev–Trinajstić information content (AvgIpc) is 2.78. The minimum Gasteiger partial charge on any atom is -0.384 e. The van der Waals surface area contributed by atoms with E-state index in [-0.39, 0.29) is 0 Å². The van der Waals surface area contributed by atoms with Crippen molar-refractivity contribution in [3.8, 4) is 11.3 Å². The third-order valence-electron chi connectivity index (χ3n) is 3.12. The van der Waals surface area contributed by atoms with Crippen LogP contribution in [0.4, 0.5) is 5.82 Å². The van der Waals surface area contributed by atoms with Gasteiger partial charge in [-0.15, -0.1) is 0 Å². The zero-order valence-electron chi connectivity index (χ0n) is 10.2. The molecule has 18 heavy (non-hydrogen) atoms. The zero-order chi connectivity index (χ0) is 12.9. The number of aryl methyl sites for hydroxylation is 2. The van der Waals surface area contributed by atoms with Crippen molar-refractivity contribution < 1.29 is 0 Å². The Bertz CT molecular complexity index is 719. The SMILES string of the molecule is Cc1[nH]c2cc(Br)ccc2c1-c1cc(N)n(C)n1. The summed E-state index contributed by atoms with van der Waals surface area (Å²) in [5, 5.41) is 5.61. The molecule has 2 heterocycles. The second-order valence-electron chi connectivity index (χ2n) is 4.39. The highest BCUT2D eigenvalue weighted by Crippen LogP contribution is 2.33. The second kappa shape index (κ2) is 3.88. The maximum Gasteiger partial charge on any atom is 0.121 e. The van der Waals surface area contributed by atoms with Gasteiger partial charge in [0.1, 0.15) is 5.82 Å². The molecule has 3 rings (SSSR count). The molecule has 4 nitrogen and oxygen atoms in total. The average molecular weight is 305 g/mol. The van der Waals surface area contributed by atoms with Crippen LogP contribution in [-0.2, 0) is 7.05 Å². The predicted molar refractivity (Wildman–Crippen MR) is 77.4 cm³/mol. The van der Waals surface area contributed by atoms with Crippen molar-refractivity contribution in [1.82, 2.24) is 14.8 Å². The lowest BCUT2D eigenvalue weighted by Gasteiger charge is -1.96. The number of halogens is 1. The third-order valence-corrected chi connectivity index (χ3v) is 3.61. The lowest BCUT2D eigenvalue weighted by molar-refractivity contribution is 0.782. The van der Waals surface area contributed by atoms with E-state index in [9.17, 15) is 0 Å². The number of hydrogen-bond acceptors (Lipinski definition) is 2. The van der Waals surface area contributed by atoms with E-state index in [1.807, 2.05) is 26.1 Å². The number of nitrogens with zero attached hydrogens (tertiary/aromatic N) is 2. The van der Waals surface area contributed by atoms with Gasteiger partial charge in [0, 0.05) is 39.7 Å². The summed E-state index contributed by atoms with van der Waals surface area (Å²) in [6.07, 6.45) is 0. The summed E-state index contributed by atoms with van der Waals surface area (Å²) in [5.74, 6) is 0.663. The molecule has 1 aromatic carbocycles. The molecule has 92 valence electrons. The van der Waals surface area contributed by atoms with E-state index in [1.165, 1.54) is 0 Å². The summed E-state index contributed by atoms with van der Waals surface area (Å²) < 4.78 is 2.75. The summed E-state index contributed by atoms with van der Waals surface area (Å²) in [6.45, 7) is 2.05. The van der Waals surface area contributed by atoms with E-state index in [2.05, 4.69) is 38.1 Å². The number of nitrogens with two attached hydrogens (primary N) is 1. The van der Waals surface area contributed by atoms with Gasteiger partial charge in [-0.25, -0.2) is 0 Å². The molecule has 0 saturated heterocycles. The molecular weight excluding hydrogens is 292 g/mol. The molecule has 0 spiro atoms. The van der Waals surface area contributed by atoms with Crippen LogP contribution >= 0.6 is 15.9 Å². The van der Waals surface area contributed by atoms with Gasteiger partial charge in [0.25, 0.3) is 0 Å². The van der Waals surface area contributed by atoms with Crippen LogP contribution in [0.25, 0.3) is 22.2 Å². The molecule has 0 aliphatic heterocycles. The van der Waals surface area contributed by atoms with Crippen LogP contribution in [0.15, 0.2) is 28.7 Å². The highest BCUT2D eigenvalue weighted by Gasteiger charge is 2.14. The number of benzene rings is 1. The number of rotatable bonds is 1. The molecule has 0 radical (unpaired) electrons. The van der Waals surface area contributed by atoms with Crippen molar-refractivity contribution in [2.24, 2.45) is 7.05 Å². The Labute approximate surface area is 113 Å². The van der Waals surface area contributed by atoms with Gasteiger partial charge in [0.2, 0.25) is 0 Å². The molecule has 0 saturated carbocycles. The molecule has 0 bridgehead atoms. The quantitative estimate of drug-likeness (QED) is 0.725. The van der Waals surface area contributed by atoms with Crippen molar-refractivity contribution in [1.29, 1.82) is 0 Å². The molecule has 3 aromatic rings. The summed E-state index contributed by atoms with van der Waals surface area (Å²) in [7, 11) is 1.85. The molecule has 0 atom stereocenters. The first kappa shape index (κ1) is 11.3. The molecule has 3 N–H and O–H groups in total. The first-order chi connectivity index (χ1) is 8.56. The molecule has 0 aliphatic carbocycles. The van der Waals surface area contributed by atoms with E-state index in [0.717, 1.165) is 32.3 Å². The number of aromatic nitrogens is 3. The van der Waals surface area contributed by atoms with Gasteiger partial charge in [-0.2, -0.15) is 5.10 Å². The third kappa shape index (κ3) is 1.62. The van der Waals surface area contributed by atoms with Crippen molar-refractivity contribution in [3.05, 3.63) is 34.4 Å². The number of fused-ring (bicyclic) bond motifs is 1. The smallest absolute Gasteiger partial charge is 0.121 e. The number of nitrogen functional groups attached to an aromatic ring is 1. The normalized spacial score (nSPS) is 11.3. The number of hydrogen-bond donors (Lipinski definition) is 2. The Morgan fingerprint density at radius 3 is 2.78 bits per heavy atom. The van der Waals surface area contributed by atoms with Gasteiger partial charge in [-0.3, -0.25) is 4.68 Å². The Morgan fingerprint density at radius 1 is 1.33 bits per heavy atom. The number of anilines is 1. The van der Waals surface area contributed by atoms with Crippen molar-refractivity contribution in [3.63, 3.8) is 0 Å². The minimum absolute atomic E-state index is 0.663. The fourth-order valence-electron chi connectivity index (χ4n) is 2.24. The van der Waals surface area contributed by atoms with Crippen molar-refractivity contribution >= 4 is 32.7 Å². The molecule has 2 aromatic heterocycles. The van der Waals surface area contributed by atoms with Crippen LogP contribution in [0, 0.1) is 6.92 Å². The zero-order valence-corrected chi connectivity index (χ0v) is 11.7. The molecule has 0 amide bonds. The molecule has 0 aliphatic rings. The molecule has 0 fully saturated rings. The fraction of sp³-hybridized carbons (Fsp3) is 0.154. The summed E-state index contributed by atoms with van der Waals surface area (Å²) in [5.41, 5.74) is 10.1. The Kier molecular flexibility index (Phi) is 2.45. The monoisotopic (exact) mass is 304 g/mol. The molecular formula is C13H13BrN4. The van der Waals surface area contributed by atoms with Gasteiger partial charge in [0.05, 0.1) is 5.69 Å². The number of H-pyrrole nitrogens is 1. The standard InChI is InChI=1S/C13H13BrN4/c1-7-13(11-6-12(15)18(2)17-11)9-4-3-8(14)5-10(9)16-7/h3-6,16H,15H2,1-2H3. The summed E-state index contributed by atoms with van der Waals surface area (Å²) in [6, 6.07) is 8.09. The van der Waals surface area contributed by atoms with Gasteiger partial charge in [-0.05, 0) is 19.1 Å². The number of nitrogens with one attached hydrogen (secondary N) is 1. The maximum atomic E-state index is 5.85. The lowest BCUT2D eigenvalue weighted by Crippen LogP contribution is -1.96. The van der Waals surface area contributed by atoms with E-state index < -0.39 is 0 Å². The van der Waals surface area contributed by atoms with E-state index in [0.29, 0.717) is 5.82 Å². The van der Waals surface area contributed by atoms with Crippen LogP contribution in [0.3, 0.4) is 0 Å². The van der Waals surface area contributed by atoms with Gasteiger partial charge in [-0.1, -0.05) is 22.0 Å². The van der Waals surface area contributed by atoms with Gasteiger partial charge < -0.3 is 10.7 Å². The van der Waals surface area contributed by atoms with Crippen LogP contribution in [0.5, 0.6) is 0 Å². The number of aromatic amines is 1. The van der Waals surface area contributed by atoms with Gasteiger partial charge >= 0.3 is 0 Å². The molecule has 0 unspecified atom stereocenters. The van der Waals surface area contributed by atoms with Crippen LogP contribution in [-0.4, -0.2) is 14.8 Å². The highest BCUT2D eigenvalue weighted by molar-refractivity contribution is 9.10. The van der Waals surface area contributed by atoms with Crippen LogP contribution in [0.1, 0.15) is 5.69 Å². The summed E-state index contributed by atoms with van der Waals surface area (Å²) >= 11 is 3.48. The van der Waals surface area contributed by atoms with Crippen molar-refractivity contribution in [2.45, 2.75) is 6.92 Å². The minimum atomic E-state index is 0.663. The Hall–Kier alpha value is -1.75. The van der Waals surface area contributed by atoms with Crippen LogP contribution < -0.4 is 5.73 Å². The second-order valence-corrected chi connectivity index (χ2v) is 5.31. The topological polar surface area (TPSA) is 59.6 Å². The lowest BCUT2D eigenvalue weighted by atomic mass is 10.1. The fourth-order valence-corrected chi connectivity index (χ4v) is 2.60. The highest BCUT2D eigenvalue weighted by atomic mass is 79.9. The largest absolute Gasteiger partial charge is 0.384 e. The van der Waals surface area contributed by atoms with E-state index in [1.54, 1.807) is 4.68 Å². The Morgan fingerprint density at radius 2 is 2.11 bits per heavy atom. The predicted octanol–water partition coefficient (Wildman–Crippen LogP) is 3.22. The van der Waals surface area contributed by atoms with E-state index in [4.69, 9.17) is 5.73 Å². The summed E-state index contributed by atoms with van der Waals surface area (Å²) in [4.78, 5) is 3.38. The first-order valence-electron chi connectivity index (χ1n) is 5.64. The van der Waals surface area contributed by atoms with Gasteiger partial charge in [0.15, 0.2) is 0 Å². The van der Waals surface area contributed by atoms with Crippen molar-refractivity contribution in [2.75, 3.05) is 5.73 Å².